The van der Waals surface area contributed by atoms with Crippen LogP contribution in [-0.4, -0.2) is 58.6 Å². The predicted molar refractivity (Wildman–Crippen MR) is 119 cm³/mol. The fraction of sp³-hybridized carbons (Fsp3) is 0.808. The number of fused-ring (bicyclic) bond motifs is 2. The second-order valence-corrected chi connectivity index (χ2v) is 11.6. The van der Waals surface area contributed by atoms with E-state index in [-0.39, 0.29) is 25.4 Å². The molecule has 188 valence electrons. The van der Waals surface area contributed by atoms with Crippen LogP contribution in [0.15, 0.2) is 12.2 Å². The lowest BCUT2D eigenvalue weighted by Crippen LogP contribution is -2.86. The highest BCUT2D eigenvalue weighted by molar-refractivity contribution is 6.05. The van der Waals surface area contributed by atoms with Crippen LogP contribution in [0.5, 0.6) is 0 Å². The van der Waals surface area contributed by atoms with E-state index in [2.05, 4.69) is 6.58 Å². The van der Waals surface area contributed by atoms with Gasteiger partial charge >= 0.3 is 11.9 Å². The van der Waals surface area contributed by atoms with E-state index in [1.165, 1.54) is 0 Å². The van der Waals surface area contributed by atoms with Gasteiger partial charge in [-0.1, -0.05) is 34.3 Å². The zero-order chi connectivity index (χ0) is 24.8. The maximum atomic E-state index is 14.0. The molecular formula is C26H36O8. The number of carbonyl (C=O) groups is 3. The molecule has 34 heavy (non-hydrogen) atoms. The summed E-state index contributed by atoms with van der Waals surface area (Å²) in [6.45, 7) is 11.6. The smallest absolute Gasteiger partial charge is 0.305 e. The quantitative estimate of drug-likeness (QED) is 0.469. The van der Waals surface area contributed by atoms with Crippen LogP contribution in [-0.2, 0) is 28.6 Å². The minimum absolute atomic E-state index is 0.0571. The van der Waals surface area contributed by atoms with Gasteiger partial charge in [0.25, 0.3) is 0 Å². The second-order valence-electron chi connectivity index (χ2n) is 11.6. The summed E-state index contributed by atoms with van der Waals surface area (Å²) in [5.41, 5.74) is -2.69. The third-order valence-corrected chi connectivity index (χ3v) is 9.93. The molecule has 6 aliphatic rings. The van der Waals surface area contributed by atoms with E-state index in [9.17, 15) is 24.6 Å². The SMILES string of the molecule is C=C1C(=O)[C@]23[C@H](OC(=O)CC)C1CC[C@H]2[C@@]12COC3(O)[C@@H](O)[C@@H]1C(C)(C)CC[C@@H]2OC(=O)CC. The number of Topliss-reactive ketones (excluding diaryl/α,β-unsaturated/α-hetero) is 1. The van der Waals surface area contributed by atoms with E-state index < -0.39 is 69.9 Å². The van der Waals surface area contributed by atoms with Crippen molar-refractivity contribution in [2.24, 2.45) is 34.0 Å². The van der Waals surface area contributed by atoms with E-state index in [0.717, 1.165) is 0 Å². The molecule has 0 aromatic rings. The van der Waals surface area contributed by atoms with Crippen LogP contribution >= 0.6 is 0 Å². The van der Waals surface area contributed by atoms with Crippen LogP contribution in [0.4, 0.5) is 0 Å². The van der Waals surface area contributed by atoms with E-state index in [0.29, 0.717) is 31.3 Å². The number of esters is 2. The van der Waals surface area contributed by atoms with Gasteiger partial charge in [0, 0.05) is 30.1 Å². The third-order valence-electron chi connectivity index (χ3n) is 9.93. The van der Waals surface area contributed by atoms with E-state index in [1.807, 2.05) is 13.8 Å². The van der Waals surface area contributed by atoms with Crippen molar-refractivity contribution in [1.82, 2.24) is 0 Å². The van der Waals surface area contributed by atoms with Gasteiger partial charge in [0.05, 0.1) is 6.61 Å². The number of aliphatic hydroxyl groups excluding tert-OH is 1. The highest BCUT2D eigenvalue weighted by Crippen LogP contribution is 2.77. The van der Waals surface area contributed by atoms with E-state index in [1.54, 1.807) is 13.8 Å². The maximum Gasteiger partial charge on any atom is 0.305 e. The van der Waals surface area contributed by atoms with Crippen molar-refractivity contribution < 1.29 is 38.8 Å². The third kappa shape index (κ3) is 2.52. The Labute approximate surface area is 200 Å². The summed E-state index contributed by atoms with van der Waals surface area (Å²) < 4.78 is 18.0. The first-order valence-electron chi connectivity index (χ1n) is 12.6. The van der Waals surface area contributed by atoms with Gasteiger partial charge in [0.1, 0.15) is 23.7 Å². The molecule has 2 heterocycles. The molecule has 6 rings (SSSR count). The number of ether oxygens (including phenoxy) is 3. The molecular weight excluding hydrogens is 440 g/mol. The molecule has 2 saturated heterocycles. The molecule has 4 saturated carbocycles. The molecule has 8 nitrogen and oxygen atoms in total. The molecule has 4 bridgehead atoms. The molecule has 4 aliphatic carbocycles. The van der Waals surface area contributed by atoms with Crippen LogP contribution < -0.4 is 0 Å². The van der Waals surface area contributed by atoms with Crippen LogP contribution in [0.25, 0.3) is 0 Å². The topological polar surface area (TPSA) is 119 Å². The molecule has 2 aliphatic heterocycles. The van der Waals surface area contributed by atoms with Gasteiger partial charge in [0.2, 0.25) is 5.79 Å². The van der Waals surface area contributed by atoms with E-state index in [4.69, 9.17) is 14.2 Å². The van der Waals surface area contributed by atoms with Crippen molar-refractivity contribution in [2.75, 3.05) is 6.61 Å². The Bertz CT molecular complexity index is 956. The number of hydrogen-bond acceptors (Lipinski definition) is 8. The number of ketones is 1. The van der Waals surface area contributed by atoms with Gasteiger partial charge in [-0.05, 0) is 42.6 Å². The molecule has 2 spiro atoms. The summed E-state index contributed by atoms with van der Waals surface area (Å²) in [6.07, 6.45) is -0.298. The standard InChI is InChI=1S/C26H36O8/c1-6-17(27)33-16-10-11-23(4,5)19-21(30)26(31)25-15(24(16,19)12-32-26)9-8-14(13(3)20(25)29)22(25)34-18(28)7-2/h14-16,19,21-22,30-31H,3,6-12H2,1-2,4-5H3/t14?,15-,16-,19+,21-,22+,24+,25-,26?/m0/s1. The molecule has 0 amide bonds. The minimum atomic E-state index is -2.23. The lowest BCUT2D eigenvalue weighted by Gasteiger charge is -2.74. The number of rotatable bonds is 4. The van der Waals surface area contributed by atoms with E-state index >= 15 is 0 Å². The van der Waals surface area contributed by atoms with Crippen molar-refractivity contribution in [3.8, 4) is 0 Å². The van der Waals surface area contributed by atoms with Crippen molar-refractivity contribution in [1.29, 1.82) is 0 Å². The Balaban J connectivity index is 1.75. The van der Waals surface area contributed by atoms with Gasteiger partial charge in [-0.2, -0.15) is 0 Å². The first-order chi connectivity index (χ1) is 15.9. The van der Waals surface area contributed by atoms with Crippen LogP contribution in [0.2, 0.25) is 0 Å². The van der Waals surface area contributed by atoms with Crippen LogP contribution in [0.3, 0.4) is 0 Å². The van der Waals surface area contributed by atoms with Crippen molar-refractivity contribution >= 4 is 17.7 Å². The van der Waals surface area contributed by atoms with Crippen LogP contribution in [0, 0.1) is 34.0 Å². The summed E-state index contributed by atoms with van der Waals surface area (Å²) in [4.78, 5) is 39.0. The molecule has 9 atom stereocenters. The number of hydrogen-bond donors (Lipinski definition) is 2. The lowest BCUT2D eigenvalue weighted by atomic mass is 9.35. The summed E-state index contributed by atoms with van der Waals surface area (Å²) >= 11 is 0. The predicted octanol–water partition coefficient (Wildman–Crippen LogP) is 2.30. The maximum absolute atomic E-state index is 14.0. The average molecular weight is 477 g/mol. The highest BCUT2D eigenvalue weighted by Gasteiger charge is 2.88. The summed E-state index contributed by atoms with van der Waals surface area (Å²) in [7, 11) is 0. The van der Waals surface area contributed by atoms with Gasteiger partial charge in [-0.15, -0.1) is 0 Å². The first kappa shape index (κ1) is 23.9. The normalized spacial score (nSPS) is 48.2. The number of carbonyl (C=O) groups excluding carboxylic acids is 3. The van der Waals surface area contributed by atoms with Gasteiger partial charge in [0.15, 0.2) is 5.78 Å². The molecule has 0 aromatic carbocycles. The first-order valence-corrected chi connectivity index (χ1v) is 12.6. The Morgan fingerprint density at radius 1 is 1.12 bits per heavy atom. The summed E-state index contributed by atoms with van der Waals surface area (Å²) in [6, 6.07) is 0. The Morgan fingerprint density at radius 3 is 2.41 bits per heavy atom. The molecule has 2 N–H and O–H groups in total. The summed E-state index contributed by atoms with van der Waals surface area (Å²) in [5.74, 6) is -4.89. The second kappa shape index (κ2) is 7.37. The van der Waals surface area contributed by atoms with Crippen molar-refractivity contribution in [2.45, 2.75) is 90.3 Å². The molecule has 0 aromatic heterocycles. The summed E-state index contributed by atoms with van der Waals surface area (Å²) in [5, 5.41) is 24.0. The van der Waals surface area contributed by atoms with Crippen molar-refractivity contribution in [3.63, 3.8) is 0 Å². The Hall–Kier alpha value is -1.77. The van der Waals surface area contributed by atoms with Gasteiger partial charge in [-0.3, -0.25) is 14.4 Å². The fourth-order valence-corrected chi connectivity index (χ4v) is 8.65. The number of aliphatic hydroxyl groups is 2. The molecule has 0 radical (unpaired) electrons. The van der Waals surface area contributed by atoms with Crippen molar-refractivity contribution in [3.05, 3.63) is 12.2 Å². The van der Waals surface area contributed by atoms with Crippen LogP contribution in [0.1, 0.15) is 66.2 Å². The molecule has 2 unspecified atom stereocenters. The highest BCUT2D eigenvalue weighted by atomic mass is 16.7. The Morgan fingerprint density at radius 2 is 1.76 bits per heavy atom. The van der Waals surface area contributed by atoms with Gasteiger partial charge < -0.3 is 24.4 Å². The van der Waals surface area contributed by atoms with Gasteiger partial charge in [-0.25, -0.2) is 0 Å². The monoisotopic (exact) mass is 476 g/mol. The lowest BCUT2D eigenvalue weighted by molar-refractivity contribution is -0.458. The zero-order valence-electron chi connectivity index (χ0n) is 20.5. The Kier molecular flexibility index (Phi) is 5.19. The zero-order valence-corrected chi connectivity index (χ0v) is 20.5. The molecule has 6 fully saturated rings. The fourth-order valence-electron chi connectivity index (χ4n) is 8.65. The minimum Gasteiger partial charge on any atom is -0.462 e. The molecule has 8 heteroatoms. The average Bonchev–Trinajstić information content (AvgIpc) is 2.91. The largest absolute Gasteiger partial charge is 0.462 e.